The number of fused-ring (bicyclic) bond motifs is 1. The van der Waals surface area contributed by atoms with Crippen molar-refractivity contribution in [3.8, 4) is 5.69 Å². The highest BCUT2D eigenvalue weighted by molar-refractivity contribution is 7.17. The summed E-state index contributed by atoms with van der Waals surface area (Å²) in [5.74, 6) is 0. The lowest BCUT2D eigenvalue weighted by Crippen LogP contribution is -2.20. The second-order valence-electron chi connectivity index (χ2n) is 5.16. The van der Waals surface area contributed by atoms with Crippen molar-refractivity contribution in [2.75, 3.05) is 14.1 Å². The number of nitrogens with zero attached hydrogens (tertiary/aromatic N) is 4. The Morgan fingerprint density at radius 2 is 2.00 bits per heavy atom. The van der Waals surface area contributed by atoms with Gasteiger partial charge in [-0.25, -0.2) is 4.99 Å². The van der Waals surface area contributed by atoms with E-state index >= 15 is 0 Å². The number of hydrogen-bond donors (Lipinski definition) is 0. The fraction of sp³-hybridized carbons (Fsp3) is 0.188. The topological polar surface area (TPSA) is 50.5 Å². The van der Waals surface area contributed by atoms with Crippen LogP contribution in [0.2, 0.25) is 0 Å². The highest BCUT2D eigenvalue weighted by Gasteiger charge is 2.14. The molecular weight excluding hydrogens is 296 g/mol. The molecule has 0 aliphatic carbocycles. The zero-order valence-electron chi connectivity index (χ0n) is 12.6. The monoisotopic (exact) mass is 312 g/mol. The summed E-state index contributed by atoms with van der Waals surface area (Å²) < 4.78 is 1.42. The molecule has 0 amide bonds. The molecule has 6 heteroatoms. The molecule has 2 heterocycles. The number of hydrogen-bond acceptors (Lipinski definition) is 4. The molecule has 22 heavy (non-hydrogen) atoms. The van der Waals surface area contributed by atoms with Gasteiger partial charge in [-0.3, -0.25) is 4.79 Å². The molecule has 112 valence electrons. The van der Waals surface area contributed by atoms with E-state index in [1.807, 2.05) is 56.3 Å². The van der Waals surface area contributed by atoms with Crippen LogP contribution in [0.5, 0.6) is 0 Å². The third-order valence-corrected chi connectivity index (χ3v) is 4.26. The van der Waals surface area contributed by atoms with Crippen molar-refractivity contribution < 1.29 is 0 Å². The minimum Gasteiger partial charge on any atom is -0.369 e. The van der Waals surface area contributed by atoms with Gasteiger partial charge in [0.1, 0.15) is 5.00 Å². The summed E-state index contributed by atoms with van der Waals surface area (Å²) in [6, 6.07) is 9.41. The van der Waals surface area contributed by atoms with Crippen molar-refractivity contribution in [1.82, 2.24) is 14.7 Å². The zero-order valence-corrected chi connectivity index (χ0v) is 13.5. The van der Waals surface area contributed by atoms with Gasteiger partial charge in [-0.05, 0) is 19.1 Å². The molecule has 0 N–H and O–H groups in total. The van der Waals surface area contributed by atoms with Gasteiger partial charge in [0.05, 0.1) is 23.6 Å². The summed E-state index contributed by atoms with van der Waals surface area (Å²) in [4.78, 5) is 20.1. The van der Waals surface area contributed by atoms with Crippen LogP contribution >= 0.6 is 11.3 Å². The largest absolute Gasteiger partial charge is 0.369 e. The summed E-state index contributed by atoms with van der Waals surface area (Å²) in [5, 5.41) is 6.51. The molecule has 0 radical (unpaired) electrons. The molecule has 2 aromatic heterocycles. The third kappa shape index (κ3) is 2.53. The van der Waals surface area contributed by atoms with Gasteiger partial charge in [-0.2, -0.15) is 9.78 Å². The molecule has 3 rings (SSSR count). The molecule has 1 aromatic carbocycles. The second kappa shape index (κ2) is 5.73. The SMILES string of the molecule is Cc1sc(/N=C/N(C)C)c2c(=O)n(-c3ccccc3)ncc12. The lowest BCUT2D eigenvalue weighted by atomic mass is 10.2. The highest BCUT2D eigenvalue weighted by atomic mass is 32.1. The van der Waals surface area contributed by atoms with Crippen molar-refractivity contribution >= 4 is 33.4 Å². The minimum absolute atomic E-state index is 0.140. The van der Waals surface area contributed by atoms with Crippen molar-refractivity contribution in [2.24, 2.45) is 4.99 Å². The predicted molar refractivity (Wildman–Crippen MR) is 91.8 cm³/mol. The van der Waals surface area contributed by atoms with Crippen molar-refractivity contribution in [3.05, 3.63) is 51.8 Å². The lowest BCUT2D eigenvalue weighted by Gasteiger charge is -2.04. The Morgan fingerprint density at radius 3 is 2.68 bits per heavy atom. The first-order valence-electron chi connectivity index (χ1n) is 6.85. The van der Waals surface area contributed by atoms with Crippen LogP contribution < -0.4 is 5.56 Å². The molecule has 0 saturated heterocycles. The van der Waals surface area contributed by atoms with E-state index in [-0.39, 0.29) is 5.56 Å². The van der Waals surface area contributed by atoms with E-state index < -0.39 is 0 Å². The molecule has 0 aliphatic heterocycles. The molecule has 0 bridgehead atoms. The van der Waals surface area contributed by atoms with Gasteiger partial charge in [-0.15, -0.1) is 11.3 Å². The number of para-hydroxylation sites is 1. The normalized spacial score (nSPS) is 11.4. The molecular formula is C16H16N4OS. The third-order valence-electron chi connectivity index (χ3n) is 3.23. The second-order valence-corrected chi connectivity index (χ2v) is 6.36. The van der Waals surface area contributed by atoms with E-state index in [0.29, 0.717) is 5.39 Å². The maximum Gasteiger partial charge on any atom is 0.282 e. The molecule has 0 aliphatic rings. The number of thiophene rings is 1. The van der Waals surface area contributed by atoms with Crippen molar-refractivity contribution in [2.45, 2.75) is 6.92 Å². The standard InChI is InChI=1S/C16H16N4OS/c1-11-13-9-18-20(12-7-5-4-6-8-12)16(21)14(13)15(22-11)17-10-19(2)3/h4-10H,1-3H3/b17-10+. The number of rotatable bonds is 3. The Morgan fingerprint density at radius 1 is 1.27 bits per heavy atom. The van der Waals surface area contributed by atoms with E-state index in [4.69, 9.17) is 0 Å². The maximum absolute atomic E-state index is 12.8. The summed E-state index contributed by atoms with van der Waals surface area (Å²) in [7, 11) is 3.80. The number of aromatic nitrogens is 2. The quantitative estimate of drug-likeness (QED) is 0.552. The summed E-state index contributed by atoms with van der Waals surface area (Å²) in [5.41, 5.74) is 0.611. The molecule has 5 nitrogen and oxygen atoms in total. The van der Waals surface area contributed by atoms with E-state index in [0.717, 1.165) is 21.0 Å². The highest BCUT2D eigenvalue weighted by Crippen LogP contribution is 2.34. The van der Waals surface area contributed by atoms with Crippen molar-refractivity contribution in [1.29, 1.82) is 0 Å². The fourth-order valence-corrected chi connectivity index (χ4v) is 3.14. The molecule has 0 saturated carbocycles. The molecule has 0 atom stereocenters. The number of aryl methyl sites for hydroxylation is 1. The Kier molecular flexibility index (Phi) is 3.77. The van der Waals surface area contributed by atoms with Gasteiger partial charge in [0.2, 0.25) is 0 Å². The maximum atomic E-state index is 12.8. The predicted octanol–water partition coefficient (Wildman–Crippen LogP) is 2.98. The Bertz CT molecular complexity index is 894. The van der Waals surface area contributed by atoms with Gasteiger partial charge in [-0.1, -0.05) is 18.2 Å². The van der Waals surface area contributed by atoms with Crippen LogP contribution in [0.1, 0.15) is 4.88 Å². The Hall–Kier alpha value is -2.47. The molecule has 3 aromatic rings. The van der Waals surface area contributed by atoms with E-state index in [2.05, 4.69) is 10.1 Å². The number of aliphatic imine (C=N–C) groups is 1. The van der Waals surface area contributed by atoms with E-state index in [9.17, 15) is 4.79 Å². The average molecular weight is 312 g/mol. The Labute approximate surface area is 132 Å². The number of benzene rings is 1. The van der Waals surface area contributed by atoms with Gasteiger partial charge in [0, 0.05) is 24.4 Å². The van der Waals surface area contributed by atoms with Crippen LogP contribution in [-0.4, -0.2) is 35.1 Å². The molecule has 0 spiro atoms. The molecule has 0 fully saturated rings. The Balaban J connectivity index is 2.26. The van der Waals surface area contributed by atoms with E-state index in [1.54, 1.807) is 12.5 Å². The zero-order chi connectivity index (χ0) is 15.7. The van der Waals surface area contributed by atoms with Gasteiger partial charge in [0.15, 0.2) is 0 Å². The van der Waals surface area contributed by atoms with Crippen molar-refractivity contribution in [3.63, 3.8) is 0 Å². The summed E-state index contributed by atoms with van der Waals surface area (Å²) in [6.45, 7) is 1.98. The van der Waals surface area contributed by atoms with Gasteiger partial charge < -0.3 is 4.90 Å². The van der Waals surface area contributed by atoms with Crippen LogP contribution in [0.3, 0.4) is 0 Å². The van der Waals surface area contributed by atoms with Crippen LogP contribution in [-0.2, 0) is 0 Å². The van der Waals surface area contributed by atoms with Crippen LogP contribution in [0.15, 0.2) is 46.3 Å². The average Bonchev–Trinajstić information content (AvgIpc) is 2.84. The van der Waals surface area contributed by atoms with E-state index in [1.165, 1.54) is 16.0 Å². The molecule has 0 unspecified atom stereocenters. The fourth-order valence-electron chi connectivity index (χ4n) is 2.19. The van der Waals surface area contributed by atoms with Gasteiger partial charge in [0.25, 0.3) is 5.56 Å². The van der Waals surface area contributed by atoms with Crippen LogP contribution in [0.4, 0.5) is 5.00 Å². The first kappa shape index (κ1) is 14.5. The van der Waals surface area contributed by atoms with Gasteiger partial charge >= 0.3 is 0 Å². The minimum atomic E-state index is -0.140. The summed E-state index contributed by atoms with van der Waals surface area (Å²) >= 11 is 1.51. The van der Waals surface area contributed by atoms with Crippen LogP contribution in [0, 0.1) is 6.92 Å². The summed E-state index contributed by atoms with van der Waals surface area (Å²) in [6.07, 6.45) is 3.45. The smallest absolute Gasteiger partial charge is 0.282 e. The lowest BCUT2D eigenvalue weighted by molar-refractivity contribution is 0.643. The van der Waals surface area contributed by atoms with Crippen LogP contribution in [0.25, 0.3) is 16.5 Å². The first-order chi connectivity index (χ1) is 10.6. The first-order valence-corrected chi connectivity index (χ1v) is 7.67.